The van der Waals surface area contributed by atoms with Crippen LogP contribution in [0.5, 0.6) is 0 Å². The predicted molar refractivity (Wildman–Crippen MR) is 177 cm³/mol. The van der Waals surface area contributed by atoms with E-state index in [2.05, 4.69) is 28.2 Å². The molecule has 3 aliphatic heterocycles. The number of amides is 4. The van der Waals surface area contributed by atoms with E-state index < -0.39 is 48.6 Å². The van der Waals surface area contributed by atoms with Gasteiger partial charge in [-0.05, 0) is 48.3 Å². The van der Waals surface area contributed by atoms with E-state index in [1.165, 1.54) is 13.8 Å². The fourth-order valence-electron chi connectivity index (χ4n) is 7.38. The van der Waals surface area contributed by atoms with E-state index in [0.29, 0.717) is 0 Å². The molecule has 14 heteroatoms. The van der Waals surface area contributed by atoms with Gasteiger partial charge in [0.25, 0.3) is 5.91 Å². The highest BCUT2D eigenvalue weighted by atomic mass is 16.6. The van der Waals surface area contributed by atoms with E-state index in [9.17, 15) is 24.0 Å². The second-order valence-corrected chi connectivity index (χ2v) is 14.2. The van der Waals surface area contributed by atoms with Gasteiger partial charge in [0.1, 0.15) is 6.10 Å². The minimum Gasteiger partial charge on any atom is -0.464 e. The van der Waals surface area contributed by atoms with Gasteiger partial charge in [0.15, 0.2) is 12.2 Å². The minimum atomic E-state index is -1.01. The van der Waals surface area contributed by atoms with Crippen molar-refractivity contribution in [2.75, 3.05) is 26.2 Å². The fourth-order valence-corrected chi connectivity index (χ4v) is 7.38. The van der Waals surface area contributed by atoms with Gasteiger partial charge in [-0.3, -0.25) is 19.2 Å². The quantitative estimate of drug-likeness (QED) is 0.192. The van der Waals surface area contributed by atoms with Crippen LogP contribution in [0.25, 0.3) is 0 Å². The molecule has 0 spiro atoms. The normalized spacial score (nSPS) is 39.9. The molecule has 15 atom stereocenters. The molecule has 3 aliphatic rings. The van der Waals surface area contributed by atoms with Crippen molar-refractivity contribution in [2.24, 2.45) is 47.2 Å². The Labute approximate surface area is 285 Å². The van der Waals surface area contributed by atoms with Crippen molar-refractivity contribution in [3.05, 3.63) is 0 Å². The third-order valence-corrected chi connectivity index (χ3v) is 11.3. The van der Waals surface area contributed by atoms with Crippen molar-refractivity contribution < 1.29 is 42.9 Å². The molecular formula is C34H59N5O9. The Morgan fingerprint density at radius 2 is 1.00 bits per heavy atom. The van der Waals surface area contributed by atoms with Crippen molar-refractivity contribution >= 4 is 29.6 Å². The number of esters is 1. The molecule has 3 rings (SSSR count). The molecule has 0 aromatic heterocycles. The Morgan fingerprint density at radius 3 is 1.48 bits per heavy atom. The molecule has 0 aliphatic carbocycles. The average molecular weight is 682 g/mol. The monoisotopic (exact) mass is 681 g/mol. The van der Waals surface area contributed by atoms with E-state index in [-0.39, 0.29) is 97.4 Å². The summed E-state index contributed by atoms with van der Waals surface area (Å²) in [5.74, 6) is -2.03. The van der Waals surface area contributed by atoms with Crippen LogP contribution in [0.1, 0.15) is 69.2 Å². The summed E-state index contributed by atoms with van der Waals surface area (Å²) in [5.41, 5.74) is 5.94. The summed E-state index contributed by atoms with van der Waals surface area (Å²) in [6.45, 7) is 19.2. The second kappa shape index (κ2) is 17.2. The summed E-state index contributed by atoms with van der Waals surface area (Å²) in [4.78, 5) is 63.8. The van der Waals surface area contributed by atoms with Crippen LogP contribution < -0.4 is 27.0 Å². The lowest BCUT2D eigenvalue weighted by Gasteiger charge is -2.45. The molecule has 3 fully saturated rings. The molecule has 0 unspecified atom stereocenters. The minimum absolute atomic E-state index is 0.0251. The maximum absolute atomic E-state index is 13.6. The van der Waals surface area contributed by atoms with E-state index in [1.807, 2.05) is 41.5 Å². The number of ether oxygens (including phenoxy) is 4. The van der Waals surface area contributed by atoms with E-state index in [0.717, 1.165) is 0 Å². The molecule has 0 aromatic rings. The smallest absolute Gasteiger partial charge is 0.337 e. The summed E-state index contributed by atoms with van der Waals surface area (Å²) < 4.78 is 23.9. The maximum Gasteiger partial charge on any atom is 0.337 e. The highest BCUT2D eigenvalue weighted by molar-refractivity contribution is 5.83. The van der Waals surface area contributed by atoms with E-state index in [4.69, 9.17) is 24.7 Å². The lowest BCUT2D eigenvalue weighted by molar-refractivity contribution is -0.180. The lowest BCUT2D eigenvalue weighted by Crippen LogP contribution is -2.63. The molecule has 14 nitrogen and oxygen atoms in total. The number of hydrogen-bond acceptors (Lipinski definition) is 10. The number of carbonyl (C=O) groups is 5. The number of nitrogens with two attached hydrogens (primary N) is 1. The first-order valence-corrected chi connectivity index (χ1v) is 17.5. The van der Waals surface area contributed by atoms with Gasteiger partial charge in [-0.25, -0.2) is 4.79 Å². The summed E-state index contributed by atoms with van der Waals surface area (Å²) in [7, 11) is 0. The Morgan fingerprint density at radius 1 is 0.583 bits per heavy atom. The SMILES string of the molecule is CCOC(=O)[C@@H]1O[C@H](CNC(=O)[C@@H]2O[C@H](CNC(=O)[C@@H]3O[C@H](CN)[C@@H](C)[C@H](C)[C@H]3NC(C)=O)[C@@H](C)[C@H](C)[C@H]2C)[C@@H](C)[C@H](C)[C@H]1NC(C)=O. The topological polar surface area (TPSA) is 196 Å². The zero-order valence-electron chi connectivity index (χ0n) is 30.2. The number of nitrogens with one attached hydrogen (secondary N) is 4. The van der Waals surface area contributed by atoms with E-state index in [1.54, 1.807) is 6.92 Å². The van der Waals surface area contributed by atoms with Gasteiger partial charge in [-0.2, -0.15) is 0 Å². The number of rotatable bonds is 11. The Kier molecular flexibility index (Phi) is 14.2. The summed E-state index contributed by atoms with van der Waals surface area (Å²) >= 11 is 0. The first-order chi connectivity index (χ1) is 22.5. The van der Waals surface area contributed by atoms with E-state index >= 15 is 0 Å². The summed E-state index contributed by atoms with van der Waals surface area (Å²) in [6.07, 6.45) is -4.03. The predicted octanol–water partition coefficient (Wildman–Crippen LogP) is 0.505. The first kappa shape index (κ1) is 39.6. The third-order valence-electron chi connectivity index (χ3n) is 11.3. The first-order valence-electron chi connectivity index (χ1n) is 17.5. The van der Waals surface area contributed by atoms with Gasteiger partial charge < -0.3 is 45.9 Å². The molecule has 3 heterocycles. The number of carbonyl (C=O) groups excluding carboxylic acids is 5. The molecule has 3 saturated heterocycles. The molecule has 0 radical (unpaired) electrons. The fraction of sp³-hybridized carbons (Fsp3) is 0.853. The summed E-state index contributed by atoms with van der Waals surface area (Å²) in [5, 5.41) is 11.7. The second-order valence-electron chi connectivity index (χ2n) is 14.2. The van der Waals surface area contributed by atoms with Crippen LogP contribution in [0, 0.1) is 41.4 Å². The largest absolute Gasteiger partial charge is 0.464 e. The van der Waals surface area contributed by atoms with Gasteiger partial charge in [0.05, 0.1) is 37.0 Å². The van der Waals surface area contributed by atoms with Crippen molar-refractivity contribution in [1.82, 2.24) is 21.3 Å². The van der Waals surface area contributed by atoms with Crippen LogP contribution in [0.15, 0.2) is 0 Å². The van der Waals surface area contributed by atoms with Crippen molar-refractivity contribution in [3.63, 3.8) is 0 Å². The highest BCUT2D eigenvalue weighted by Crippen LogP contribution is 2.36. The van der Waals surface area contributed by atoms with Crippen molar-refractivity contribution in [1.29, 1.82) is 0 Å². The Balaban J connectivity index is 1.67. The van der Waals surface area contributed by atoms with Crippen LogP contribution >= 0.6 is 0 Å². The molecule has 6 N–H and O–H groups in total. The molecule has 274 valence electrons. The van der Waals surface area contributed by atoms with Crippen LogP contribution in [0.4, 0.5) is 0 Å². The third kappa shape index (κ3) is 9.05. The molecule has 0 saturated carbocycles. The van der Waals surface area contributed by atoms with Crippen LogP contribution in [0.2, 0.25) is 0 Å². The molecular weight excluding hydrogens is 622 g/mol. The molecule has 4 amide bonds. The average Bonchev–Trinajstić information content (AvgIpc) is 3.03. The molecule has 48 heavy (non-hydrogen) atoms. The van der Waals surface area contributed by atoms with Gasteiger partial charge in [-0.15, -0.1) is 0 Å². The van der Waals surface area contributed by atoms with Crippen LogP contribution in [-0.2, 0) is 42.9 Å². The summed E-state index contributed by atoms with van der Waals surface area (Å²) in [6, 6.07) is -1.09. The van der Waals surface area contributed by atoms with Crippen LogP contribution in [-0.4, -0.2) is 105 Å². The lowest BCUT2D eigenvalue weighted by atomic mass is 9.76. The zero-order valence-corrected chi connectivity index (χ0v) is 30.2. The zero-order chi connectivity index (χ0) is 36.0. The Hall–Kier alpha value is -2.81. The van der Waals surface area contributed by atoms with Crippen molar-refractivity contribution in [2.45, 2.75) is 118 Å². The highest BCUT2D eigenvalue weighted by Gasteiger charge is 2.48. The van der Waals surface area contributed by atoms with Gasteiger partial charge in [-0.1, -0.05) is 48.5 Å². The van der Waals surface area contributed by atoms with Gasteiger partial charge in [0.2, 0.25) is 17.7 Å². The molecule has 0 bridgehead atoms. The van der Waals surface area contributed by atoms with Crippen molar-refractivity contribution in [3.8, 4) is 0 Å². The maximum atomic E-state index is 13.6. The Bertz CT molecular complexity index is 1160. The van der Waals surface area contributed by atoms with Gasteiger partial charge >= 0.3 is 5.97 Å². The number of hydrogen-bond donors (Lipinski definition) is 5. The standard InChI is InChI=1S/C34H59N5O9/c1-11-45-34(44)31-28(39-23(10)41)20(7)18(5)26(48-31)14-36-32(42)29-21(8)15(2)16(3)25(47-29)13-37-33(43)30-27(38-22(9)40)19(6)17(4)24(12-35)46-30/h15-21,24-31H,11-14,35H2,1-10H3,(H,36,42)(H,37,43)(H,38,40)(H,39,41)/t15-,16-,17-,18-,19-,20-,21+,24+,25+,26+,27+,28+,29+,30+,31+/m0/s1. The van der Waals surface area contributed by atoms with Gasteiger partial charge in [0, 0.05) is 33.5 Å². The van der Waals surface area contributed by atoms with Crippen LogP contribution in [0.3, 0.4) is 0 Å². The molecule has 0 aromatic carbocycles.